The summed E-state index contributed by atoms with van der Waals surface area (Å²) in [6, 6.07) is 0.219. The third-order valence-electron chi connectivity index (χ3n) is 3.11. The van der Waals surface area contributed by atoms with E-state index in [1.165, 1.54) is 6.42 Å². The van der Waals surface area contributed by atoms with Crippen molar-refractivity contribution in [1.82, 2.24) is 10.2 Å². The first kappa shape index (κ1) is 12.4. The fraction of sp³-hybridized carbons (Fsp3) is 0.727. The minimum Gasteiger partial charge on any atom is -0.352 e. The molecule has 0 aromatic carbocycles. The maximum Gasteiger partial charge on any atom is 0.289 e. The zero-order valence-electron chi connectivity index (χ0n) is 9.61. The standard InChI is InChI=1S/C11H16N2O3S/c14-9(12-8-4-2-1-3-5-8)6-13-10(15)7-17-11(13)16/h8H,1-7H2,(H,12,14). The zero-order valence-corrected chi connectivity index (χ0v) is 10.4. The Hall–Kier alpha value is -1.04. The van der Waals surface area contributed by atoms with E-state index in [0.29, 0.717) is 0 Å². The van der Waals surface area contributed by atoms with Gasteiger partial charge in [0, 0.05) is 6.04 Å². The molecular formula is C11H16N2O3S. The number of amides is 3. The minimum atomic E-state index is -0.311. The molecule has 94 valence electrons. The van der Waals surface area contributed by atoms with Gasteiger partial charge in [0.1, 0.15) is 6.54 Å². The predicted octanol–water partition coefficient (Wildman–Crippen LogP) is 1.13. The normalized spacial score (nSPS) is 22.0. The van der Waals surface area contributed by atoms with Crippen molar-refractivity contribution >= 4 is 28.8 Å². The van der Waals surface area contributed by atoms with E-state index in [1.807, 2.05) is 0 Å². The summed E-state index contributed by atoms with van der Waals surface area (Å²) in [6.07, 6.45) is 5.52. The van der Waals surface area contributed by atoms with E-state index in [9.17, 15) is 14.4 Å². The van der Waals surface area contributed by atoms with E-state index in [0.717, 1.165) is 42.3 Å². The molecule has 0 aromatic heterocycles. The molecule has 0 unspecified atom stereocenters. The fourth-order valence-corrected chi connectivity index (χ4v) is 2.92. The first-order chi connectivity index (χ1) is 8.16. The molecule has 2 rings (SSSR count). The van der Waals surface area contributed by atoms with Gasteiger partial charge in [0.15, 0.2) is 0 Å². The van der Waals surface area contributed by atoms with Crippen LogP contribution in [0.3, 0.4) is 0 Å². The van der Waals surface area contributed by atoms with Crippen LogP contribution < -0.4 is 5.32 Å². The highest BCUT2D eigenvalue weighted by molar-refractivity contribution is 8.14. The average Bonchev–Trinajstić information content (AvgIpc) is 2.62. The topological polar surface area (TPSA) is 66.5 Å². The Morgan fingerprint density at radius 1 is 1.29 bits per heavy atom. The van der Waals surface area contributed by atoms with Crippen LogP contribution in [0.1, 0.15) is 32.1 Å². The molecule has 17 heavy (non-hydrogen) atoms. The van der Waals surface area contributed by atoms with Crippen LogP contribution in [0.15, 0.2) is 0 Å². The number of nitrogens with zero attached hydrogens (tertiary/aromatic N) is 1. The molecule has 5 nitrogen and oxygen atoms in total. The number of carbonyl (C=O) groups is 3. The van der Waals surface area contributed by atoms with Gasteiger partial charge in [-0.25, -0.2) is 0 Å². The first-order valence-electron chi connectivity index (χ1n) is 5.93. The number of imide groups is 1. The summed E-state index contributed by atoms with van der Waals surface area (Å²) < 4.78 is 0. The number of thioether (sulfide) groups is 1. The lowest BCUT2D eigenvalue weighted by atomic mass is 9.95. The first-order valence-corrected chi connectivity index (χ1v) is 6.92. The lowest BCUT2D eigenvalue weighted by Crippen LogP contribution is -2.44. The smallest absolute Gasteiger partial charge is 0.289 e. The summed E-state index contributed by atoms with van der Waals surface area (Å²) >= 11 is 0.959. The molecule has 2 fully saturated rings. The molecule has 1 saturated heterocycles. The summed E-state index contributed by atoms with van der Waals surface area (Å²) in [5, 5.41) is 2.58. The number of rotatable bonds is 3. The predicted molar refractivity (Wildman–Crippen MR) is 64.6 cm³/mol. The Kier molecular flexibility index (Phi) is 4.04. The molecule has 0 atom stereocenters. The molecule has 6 heteroatoms. The van der Waals surface area contributed by atoms with E-state index in [2.05, 4.69) is 5.32 Å². The summed E-state index contributed by atoms with van der Waals surface area (Å²) in [7, 11) is 0. The Labute approximate surface area is 104 Å². The van der Waals surface area contributed by atoms with Gasteiger partial charge in [-0.1, -0.05) is 31.0 Å². The van der Waals surface area contributed by atoms with Crippen LogP contribution in [0.2, 0.25) is 0 Å². The fourth-order valence-electron chi connectivity index (χ4n) is 2.20. The highest BCUT2D eigenvalue weighted by atomic mass is 32.2. The molecule has 0 aromatic rings. The number of hydrogen-bond donors (Lipinski definition) is 1. The maximum atomic E-state index is 11.7. The van der Waals surface area contributed by atoms with E-state index < -0.39 is 0 Å². The SMILES string of the molecule is O=C(CN1C(=O)CSC1=O)NC1CCCCC1. The molecule has 1 aliphatic carbocycles. The van der Waals surface area contributed by atoms with Gasteiger partial charge in [-0.05, 0) is 12.8 Å². The van der Waals surface area contributed by atoms with Crippen molar-refractivity contribution in [2.75, 3.05) is 12.3 Å². The molecule has 0 radical (unpaired) electrons. The maximum absolute atomic E-state index is 11.7. The lowest BCUT2D eigenvalue weighted by Gasteiger charge is -2.23. The van der Waals surface area contributed by atoms with Crippen LogP contribution in [-0.2, 0) is 9.59 Å². The summed E-state index contributed by atoms with van der Waals surface area (Å²) in [5.41, 5.74) is 0. The van der Waals surface area contributed by atoms with Crippen LogP contribution in [0.4, 0.5) is 4.79 Å². The molecule has 0 spiro atoms. The van der Waals surface area contributed by atoms with Crippen molar-refractivity contribution in [2.24, 2.45) is 0 Å². The quantitative estimate of drug-likeness (QED) is 0.822. The van der Waals surface area contributed by atoms with Crippen molar-refractivity contribution in [3.8, 4) is 0 Å². The lowest BCUT2D eigenvalue weighted by molar-refractivity contribution is -0.130. The van der Waals surface area contributed by atoms with Crippen molar-refractivity contribution in [1.29, 1.82) is 0 Å². The van der Waals surface area contributed by atoms with Crippen LogP contribution in [-0.4, -0.2) is 40.3 Å². The van der Waals surface area contributed by atoms with Gasteiger partial charge in [0.25, 0.3) is 5.24 Å². The molecule has 3 amide bonds. The number of nitrogens with one attached hydrogen (secondary N) is 1. The van der Waals surface area contributed by atoms with E-state index >= 15 is 0 Å². The Morgan fingerprint density at radius 2 is 2.00 bits per heavy atom. The number of hydrogen-bond acceptors (Lipinski definition) is 4. The Bertz CT molecular complexity index is 324. The van der Waals surface area contributed by atoms with Gasteiger partial charge in [-0.3, -0.25) is 19.3 Å². The summed E-state index contributed by atoms with van der Waals surface area (Å²) in [6.45, 7) is -0.124. The highest BCUT2D eigenvalue weighted by Crippen LogP contribution is 2.19. The monoisotopic (exact) mass is 256 g/mol. The second-order valence-corrected chi connectivity index (χ2v) is 5.36. The molecule has 1 N–H and O–H groups in total. The third-order valence-corrected chi connectivity index (χ3v) is 3.97. The second kappa shape index (κ2) is 5.53. The molecule has 2 aliphatic rings. The van der Waals surface area contributed by atoms with Crippen LogP contribution >= 0.6 is 11.8 Å². The van der Waals surface area contributed by atoms with Gasteiger partial charge < -0.3 is 5.32 Å². The van der Waals surface area contributed by atoms with Gasteiger partial charge in [0.2, 0.25) is 11.8 Å². The molecule has 1 heterocycles. The van der Waals surface area contributed by atoms with E-state index in [-0.39, 0.29) is 35.4 Å². The summed E-state index contributed by atoms with van der Waals surface area (Å²) in [5.74, 6) is -0.324. The Morgan fingerprint density at radius 3 is 2.59 bits per heavy atom. The highest BCUT2D eigenvalue weighted by Gasteiger charge is 2.31. The largest absolute Gasteiger partial charge is 0.352 e. The van der Waals surface area contributed by atoms with Crippen LogP contribution in [0.25, 0.3) is 0 Å². The number of carbonyl (C=O) groups excluding carboxylic acids is 3. The molecule has 1 aliphatic heterocycles. The zero-order chi connectivity index (χ0) is 12.3. The van der Waals surface area contributed by atoms with Crippen molar-refractivity contribution < 1.29 is 14.4 Å². The van der Waals surface area contributed by atoms with Gasteiger partial charge in [-0.2, -0.15) is 0 Å². The third kappa shape index (κ3) is 3.21. The summed E-state index contributed by atoms with van der Waals surface area (Å²) in [4.78, 5) is 35.3. The van der Waals surface area contributed by atoms with Crippen LogP contribution in [0.5, 0.6) is 0 Å². The van der Waals surface area contributed by atoms with Crippen molar-refractivity contribution in [3.05, 3.63) is 0 Å². The molecule has 1 saturated carbocycles. The van der Waals surface area contributed by atoms with Crippen molar-refractivity contribution in [2.45, 2.75) is 38.1 Å². The average molecular weight is 256 g/mol. The molecule has 0 bridgehead atoms. The minimum absolute atomic E-state index is 0.124. The van der Waals surface area contributed by atoms with Gasteiger partial charge in [0.05, 0.1) is 5.75 Å². The van der Waals surface area contributed by atoms with Crippen molar-refractivity contribution in [3.63, 3.8) is 0 Å². The van der Waals surface area contributed by atoms with E-state index in [1.54, 1.807) is 0 Å². The second-order valence-electron chi connectivity index (χ2n) is 4.44. The van der Waals surface area contributed by atoms with Gasteiger partial charge in [-0.15, -0.1) is 0 Å². The van der Waals surface area contributed by atoms with Gasteiger partial charge >= 0.3 is 0 Å². The Balaban J connectivity index is 1.80. The molecular weight excluding hydrogens is 240 g/mol. The van der Waals surface area contributed by atoms with Crippen LogP contribution in [0, 0.1) is 0 Å². The van der Waals surface area contributed by atoms with E-state index in [4.69, 9.17) is 0 Å².